The van der Waals surface area contributed by atoms with E-state index < -0.39 is 17.6 Å². The number of rotatable bonds is 4. The minimum absolute atomic E-state index is 0.0800. The maximum atomic E-state index is 11.4. The summed E-state index contributed by atoms with van der Waals surface area (Å²) >= 11 is 0. The summed E-state index contributed by atoms with van der Waals surface area (Å²) in [6, 6.07) is 0.315. The highest BCUT2D eigenvalue weighted by atomic mass is 16.5. The third-order valence-corrected chi connectivity index (χ3v) is 2.00. The van der Waals surface area contributed by atoms with Crippen molar-refractivity contribution in [3.05, 3.63) is 28.2 Å². The van der Waals surface area contributed by atoms with Crippen LogP contribution in [0.4, 0.5) is 10.7 Å². The molecule has 1 aromatic heterocycles. The predicted molar refractivity (Wildman–Crippen MR) is 68.3 cm³/mol. The SMILES string of the molecule is CCOC(=O)C(C)=Cn1ccc(=O)nc1NC(N)=O. The molecule has 0 aliphatic carbocycles. The molecule has 0 radical (unpaired) electrons. The van der Waals surface area contributed by atoms with E-state index in [0.29, 0.717) is 0 Å². The van der Waals surface area contributed by atoms with Gasteiger partial charge in [0.05, 0.1) is 12.2 Å². The first-order valence-electron chi connectivity index (χ1n) is 5.45. The number of ether oxygens (including phenoxy) is 1. The molecule has 0 aliphatic heterocycles. The maximum absolute atomic E-state index is 11.4. The van der Waals surface area contributed by atoms with Crippen LogP contribution in [0.2, 0.25) is 0 Å². The van der Waals surface area contributed by atoms with Crippen LogP contribution in [-0.4, -0.2) is 28.2 Å². The van der Waals surface area contributed by atoms with Crippen molar-refractivity contribution < 1.29 is 14.3 Å². The molecular formula is C11H14N4O4. The molecule has 0 fully saturated rings. The molecule has 1 aromatic rings. The fourth-order valence-corrected chi connectivity index (χ4v) is 1.23. The number of anilines is 1. The Morgan fingerprint density at radius 1 is 1.58 bits per heavy atom. The Bertz CT molecular complexity index is 576. The van der Waals surface area contributed by atoms with Crippen molar-refractivity contribution in [3.63, 3.8) is 0 Å². The van der Waals surface area contributed by atoms with Crippen LogP contribution < -0.4 is 16.6 Å². The molecule has 0 saturated carbocycles. The van der Waals surface area contributed by atoms with Crippen LogP contribution in [0.25, 0.3) is 6.20 Å². The number of primary amides is 1. The van der Waals surface area contributed by atoms with Gasteiger partial charge in [-0.3, -0.25) is 14.7 Å². The van der Waals surface area contributed by atoms with Crippen molar-refractivity contribution >= 4 is 24.1 Å². The second-order valence-corrected chi connectivity index (χ2v) is 3.52. The number of nitrogens with one attached hydrogen (secondary N) is 1. The molecule has 0 atom stereocenters. The minimum Gasteiger partial charge on any atom is -0.463 e. The Morgan fingerprint density at radius 2 is 2.26 bits per heavy atom. The maximum Gasteiger partial charge on any atom is 0.335 e. The van der Waals surface area contributed by atoms with Gasteiger partial charge in [-0.15, -0.1) is 0 Å². The summed E-state index contributed by atoms with van der Waals surface area (Å²) in [5.74, 6) is -0.588. The van der Waals surface area contributed by atoms with Crippen LogP contribution in [0.3, 0.4) is 0 Å². The van der Waals surface area contributed by atoms with E-state index in [1.807, 2.05) is 0 Å². The fourth-order valence-electron chi connectivity index (χ4n) is 1.23. The van der Waals surface area contributed by atoms with Crippen LogP contribution in [0.1, 0.15) is 13.8 Å². The first-order chi connectivity index (χ1) is 8.93. The number of esters is 1. The van der Waals surface area contributed by atoms with Crippen molar-refractivity contribution in [1.82, 2.24) is 9.55 Å². The number of nitrogens with two attached hydrogens (primary N) is 1. The average Bonchev–Trinajstić information content (AvgIpc) is 2.32. The third-order valence-electron chi connectivity index (χ3n) is 2.00. The monoisotopic (exact) mass is 266 g/mol. The second kappa shape index (κ2) is 6.34. The standard InChI is InChI=1S/C11H14N4O4/c1-3-19-9(17)7(2)6-15-5-4-8(16)13-11(15)14-10(12)18/h4-6H,3H2,1-2H3,(H3,12,13,14,16,18). The summed E-state index contributed by atoms with van der Waals surface area (Å²) in [7, 11) is 0. The number of carbonyl (C=O) groups excluding carboxylic acids is 2. The molecule has 0 aromatic carbocycles. The first-order valence-corrected chi connectivity index (χ1v) is 5.45. The van der Waals surface area contributed by atoms with Gasteiger partial charge in [0.2, 0.25) is 5.95 Å². The highest BCUT2D eigenvalue weighted by Gasteiger charge is 2.08. The topological polar surface area (TPSA) is 116 Å². The Labute approximate surface area is 108 Å². The lowest BCUT2D eigenvalue weighted by Gasteiger charge is -2.08. The fraction of sp³-hybridized carbons (Fsp3) is 0.273. The second-order valence-electron chi connectivity index (χ2n) is 3.52. The van der Waals surface area contributed by atoms with Crippen LogP contribution in [0.5, 0.6) is 0 Å². The van der Waals surface area contributed by atoms with Crippen LogP contribution >= 0.6 is 0 Å². The van der Waals surface area contributed by atoms with Gasteiger partial charge in [0.15, 0.2) is 0 Å². The Balaban J connectivity index is 3.12. The summed E-state index contributed by atoms with van der Waals surface area (Å²) in [5.41, 5.74) is 4.70. The highest BCUT2D eigenvalue weighted by Crippen LogP contribution is 2.06. The zero-order valence-electron chi connectivity index (χ0n) is 10.5. The molecule has 0 bridgehead atoms. The molecule has 1 rings (SSSR count). The van der Waals surface area contributed by atoms with Gasteiger partial charge in [-0.2, -0.15) is 4.98 Å². The van der Waals surface area contributed by atoms with E-state index in [1.165, 1.54) is 30.0 Å². The number of hydrogen-bond acceptors (Lipinski definition) is 5. The van der Waals surface area contributed by atoms with Gasteiger partial charge in [-0.25, -0.2) is 9.59 Å². The quantitative estimate of drug-likeness (QED) is 0.594. The molecule has 0 aliphatic rings. The van der Waals surface area contributed by atoms with Crippen LogP contribution in [0, 0.1) is 0 Å². The van der Waals surface area contributed by atoms with E-state index in [-0.39, 0.29) is 18.1 Å². The molecule has 0 spiro atoms. The largest absolute Gasteiger partial charge is 0.463 e. The number of hydrogen-bond donors (Lipinski definition) is 2. The van der Waals surface area contributed by atoms with Gasteiger partial charge in [0.25, 0.3) is 5.56 Å². The zero-order valence-corrected chi connectivity index (χ0v) is 10.5. The Kier molecular flexibility index (Phi) is 4.81. The summed E-state index contributed by atoms with van der Waals surface area (Å²) in [6.45, 7) is 3.47. The highest BCUT2D eigenvalue weighted by molar-refractivity contribution is 5.91. The molecule has 19 heavy (non-hydrogen) atoms. The van der Waals surface area contributed by atoms with Gasteiger partial charge in [-0.1, -0.05) is 0 Å². The minimum atomic E-state index is -0.867. The van der Waals surface area contributed by atoms with Gasteiger partial charge in [0.1, 0.15) is 0 Å². The van der Waals surface area contributed by atoms with Crippen molar-refractivity contribution in [2.24, 2.45) is 5.73 Å². The van der Waals surface area contributed by atoms with Crippen molar-refractivity contribution in [1.29, 1.82) is 0 Å². The molecule has 8 nitrogen and oxygen atoms in total. The van der Waals surface area contributed by atoms with E-state index in [1.54, 1.807) is 6.92 Å². The normalized spacial score (nSPS) is 10.9. The summed E-state index contributed by atoms with van der Waals surface area (Å²) < 4.78 is 6.10. The zero-order chi connectivity index (χ0) is 14.4. The number of amides is 2. The van der Waals surface area contributed by atoms with E-state index in [4.69, 9.17) is 10.5 Å². The van der Waals surface area contributed by atoms with Gasteiger partial charge < -0.3 is 10.5 Å². The Hall–Kier alpha value is -2.64. The third kappa shape index (κ3) is 4.26. The predicted octanol–water partition coefficient (Wildman–Crippen LogP) is 0.158. The van der Waals surface area contributed by atoms with Crippen molar-refractivity contribution in [2.45, 2.75) is 13.8 Å². The van der Waals surface area contributed by atoms with E-state index >= 15 is 0 Å². The summed E-state index contributed by atoms with van der Waals surface area (Å²) in [5, 5.41) is 2.18. The molecule has 0 saturated heterocycles. The first kappa shape index (κ1) is 14.4. The summed E-state index contributed by atoms with van der Waals surface area (Å²) in [6.07, 6.45) is 2.72. The smallest absolute Gasteiger partial charge is 0.335 e. The molecular weight excluding hydrogens is 252 g/mol. The number of carbonyl (C=O) groups is 2. The molecule has 1 heterocycles. The van der Waals surface area contributed by atoms with E-state index in [2.05, 4.69) is 10.3 Å². The van der Waals surface area contributed by atoms with Gasteiger partial charge in [-0.05, 0) is 13.8 Å². The van der Waals surface area contributed by atoms with Crippen LogP contribution in [0.15, 0.2) is 22.6 Å². The number of aromatic nitrogens is 2. The van der Waals surface area contributed by atoms with Crippen LogP contribution in [-0.2, 0) is 9.53 Å². The number of nitrogens with zero attached hydrogens (tertiary/aromatic N) is 2. The molecule has 2 amide bonds. The lowest BCUT2D eigenvalue weighted by Crippen LogP contribution is -2.24. The van der Waals surface area contributed by atoms with E-state index in [0.717, 1.165) is 0 Å². The van der Waals surface area contributed by atoms with Gasteiger partial charge in [0, 0.05) is 18.5 Å². The molecule has 102 valence electrons. The van der Waals surface area contributed by atoms with E-state index in [9.17, 15) is 14.4 Å². The Morgan fingerprint density at radius 3 is 2.84 bits per heavy atom. The van der Waals surface area contributed by atoms with Crippen molar-refractivity contribution in [3.8, 4) is 0 Å². The average molecular weight is 266 g/mol. The lowest BCUT2D eigenvalue weighted by molar-refractivity contribution is -0.138. The summed E-state index contributed by atoms with van der Waals surface area (Å²) in [4.78, 5) is 36.9. The molecule has 0 unspecified atom stereocenters. The number of urea groups is 1. The van der Waals surface area contributed by atoms with Crippen molar-refractivity contribution in [2.75, 3.05) is 11.9 Å². The lowest BCUT2D eigenvalue weighted by atomic mass is 10.3. The molecule has 3 N–H and O–H groups in total. The van der Waals surface area contributed by atoms with Gasteiger partial charge >= 0.3 is 12.0 Å². The molecule has 8 heteroatoms.